The minimum Gasteiger partial charge on any atom is -0.506 e. The molecule has 3 aromatic rings. The molecule has 4 heterocycles. The van der Waals surface area contributed by atoms with Crippen LogP contribution in [0.2, 0.25) is 0 Å². The topological polar surface area (TPSA) is 148 Å². The number of likely N-dealkylation sites (tertiary alicyclic amines) is 1. The van der Waals surface area contributed by atoms with Crippen molar-refractivity contribution in [1.29, 1.82) is 0 Å². The predicted molar refractivity (Wildman–Crippen MR) is 187 cm³/mol. The Labute approximate surface area is 298 Å². The van der Waals surface area contributed by atoms with E-state index in [1.54, 1.807) is 21.9 Å². The van der Waals surface area contributed by atoms with Crippen LogP contribution in [0.4, 0.5) is 20.4 Å². The van der Waals surface area contributed by atoms with Gasteiger partial charge in [-0.05, 0) is 74.0 Å². The maximum absolute atomic E-state index is 14.0. The van der Waals surface area contributed by atoms with E-state index in [1.165, 1.54) is 24.6 Å². The first-order chi connectivity index (χ1) is 23.1. The van der Waals surface area contributed by atoms with Crippen LogP contribution in [0, 0.1) is 0 Å². The molecule has 0 spiro atoms. The highest BCUT2D eigenvalue weighted by atomic mass is 79.9. The largest absolute Gasteiger partial charge is 0.506 e. The molecule has 1 atom stereocenters. The number of ether oxygens (including phenoxy) is 1. The molecule has 0 saturated carbocycles. The number of hydrogen-bond donors (Lipinski definition) is 3. The second-order valence-corrected chi connectivity index (χ2v) is 14.6. The van der Waals surface area contributed by atoms with Crippen LogP contribution in [0.3, 0.4) is 0 Å². The maximum Gasteiger partial charge on any atom is 0.349 e. The number of aromatic hydroxyl groups is 1. The number of urea groups is 2. The fourth-order valence-electron chi connectivity index (χ4n) is 6.25. The SMILES string of the molecule is COC(=O)c1cnc(N2CCN(C(=O)[C@@H](Cc3cc(Br)c(O)c(Br)c3)NC(=O)N3CCC(N4Cc5ccccc5NC4=O)CC3)CC2)s1. The average molecular weight is 806 g/mol. The van der Waals surface area contributed by atoms with E-state index in [9.17, 15) is 24.3 Å². The smallest absolute Gasteiger partial charge is 0.349 e. The molecule has 2 saturated heterocycles. The fourth-order valence-corrected chi connectivity index (χ4v) is 8.42. The van der Waals surface area contributed by atoms with E-state index >= 15 is 0 Å². The molecule has 1 aromatic heterocycles. The van der Waals surface area contributed by atoms with E-state index in [-0.39, 0.29) is 36.2 Å². The minimum atomic E-state index is -0.861. The van der Waals surface area contributed by atoms with Gasteiger partial charge in [-0.15, -0.1) is 0 Å². The third kappa shape index (κ3) is 7.39. The third-order valence-corrected chi connectivity index (χ3v) is 11.2. The van der Waals surface area contributed by atoms with Crippen LogP contribution in [0.25, 0.3) is 0 Å². The zero-order valence-electron chi connectivity index (χ0n) is 26.2. The van der Waals surface area contributed by atoms with Crippen molar-refractivity contribution >= 4 is 78.0 Å². The predicted octanol–water partition coefficient (Wildman–Crippen LogP) is 4.64. The number of halogens is 2. The van der Waals surface area contributed by atoms with Gasteiger partial charge >= 0.3 is 18.0 Å². The lowest BCUT2D eigenvalue weighted by Crippen LogP contribution is -2.58. The Hall–Kier alpha value is -3.89. The number of esters is 1. The van der Waals surface area contributed by atoms with Gasteiger partial charge in [0.15, 0.2) is 5.13 Å². The summed E-state index contributed by atoms with van der Waals surface area (Å²) in [5.41, 5.74) is 2.64. The number of thiazole rings is 1. The number of para-hydroxylation sites is 1. The third-order valence-electron chi connectivity index (χ3n) is 8.91. The first-order valence-corrected chi connectivity index (χ1v) is 18.0. The fraction of sp³-hybridized carbons (Fsp3) is 0.406. The maximum atomic E-state index is 14.0. The Morgan fingerprint density at radius 3 is 2.44 bits per heavy atom. The first kappa shape index (κ1) is 34.0. The number of carbonyl (C=O) groups is 4. The van der Waals surface area contributed by atoms with Crippen LogP contribution in [0.1, 0.15) is 33.6 Å². The van der Waals surface area contributed by atoms with E-state index in [0.29, 0.717) is 77.6 Å². The van der Waals surface area contributed by atoms with E-state index in [1.807, 2.05) is 34.1 Å². The Morgan fingerprint density at radius 2 is 1.75 bits per heavy atom. The molecule has 6 rings (SSSR count). The number of aromatic nitrogens is 1. The monoisotopic (exact) mass is 803 g/mol. The number of carbonyl (C=O) groups excluding carboxylic acids is 4. The lowest BCUT2D eigenvalue weighted by atomic mass is 10.0. The summed E-state index contributed by atoms with van der Waals surface area (Å²) in [6.45, 7) is 3.26. The highest BCUT2D eigenvalue weighted by Crippen LogP contribution is 2.34. The molecule has 48 heavy (non-hydrogen) atoms. The van der Waals surface area contributed by atoms with Crippen molar-refractivity contribution in [1.82, 2.24) is 25.0 Å². The summed E-state index contributed by atoms with van der Waals surface area (Å²) in [5, 5.41) is 16.9. The molecule has 16 heteroatoms. The van der Waals surface area contributed by atoms with Crippen molar-refractivity contribution in [3.8, 4) is 5.75 Å². The molecule has 2 aromatic carbocycles. The van der Waals surface area contributed by atoms with Crippen molar-refractivity contribution in [2.24, 2.45) is 0 Å². The number of hydrogen-bond acceptors (Lipinski definition) is 9. The second kappa shape index (κ2) is 14.7. The number of nitrogens with one attached hydrogen (secondary N) is 2. The molecule has 254 valence electrons. The van der Waals surface area contributed by atoms with Crippen molar-refractivity contribution in [3.63, 3.8) is 0 Å². The van der Waals surface area contributed by atoms with Gasteiger partial charge in [-0.2, -0.15) is 0 Å². The van der Waals surface area contributed by atoms with E-state index in [4.69, 9.17) is 4.74 Å². The molecule has 5 amide bonds. The Kier molecular flexibility index (Phi) is 10.4. The summed E-state index contributed by atoms with van der Waals surface area (Å²) in [5.74, 6) is -0.602. The van der Waals surface area contributed by atoms with E-state index in [2.05, 4.69) is 47.5 Å². The minimum absolute atomic E-state index is 0.00985. The van der Waals surface area contributed by atoms with Crippen LogP contribution in [0.5, 0.6) is 5.75 Å². The Bertz CT molecular complexity index is 1680. The zero-order chi connectivity index (χ0) is 33.9. The highest BCUT2D eigenvalue weighted by molar-refractivity contribution is 9.11. The summed E-state index contributed by atoms with van der Waals surface area (Å²) >= 11 is 7.98. The molecular weight excluding hydrogens is 770 g/mol. The average Bonchev–Trinajstić information content (AvgIpc) is 3.60. The normalized spacial score (nSPS) is 17.4. The van der Waals surface area contributed by atoms with Crippen molar-refractivity contribution < 1.29 is 29.0 Å². The van der Waals surface area contributed by atoms with Crippen molar-refractivity contribution in [2.75, 3.05) is 56.6 Å². The number of piperidine rings is 1. The number of anilines is 2. The molecule has 0 bridgehead atoms. The zero-order valence-corrected chi connectivity index (χ0v) is 30.1. The molecule has 3 N–H and O–H groups in total. The quantitative estimate of drug-likeness (QED) is 0.293. The summed E-state index contributed by atoms with van der Waals surface area (Å²) in [6.07, 6.45) is 2.94. The van der Waals surface area contributed by atoms with Gasteiger partial charge in [-0.25, -0.2) is 19.4 Å². The number of methoxy groups -OCH3 is 1. The van der Waals surface area contributed by atoms with Crippen molar-refractivity contribution in [3.05, 3.63) is 67.5 Å². The summed E-state index contributed by atoms with van der Waals surface area (Å²) < 4.78 is 5.73. The number of phenols is 1. The summed E-state index contributed by atoms with van der Waals surface area (Å²) in [6, 6.07) is 9.89. The number of benzene rings is 2. The Balaban J connectivity index is 1.10. The summed E-state index contributed by atoms with van der Waals surface area (Å²) in [7, 11) is 1.33. The number of nitrogens with zero attached hydrogens (tertiary/aromatic N) is 5. The standard InChI is InChI=1S/C32H35Br2N7O6S/c1-47-29(44)26-17-35-32(48-26)40-12-10-38(11-13-40)28(43)25(16-19-14-22(33)27(42)23(34)15-19)37-30(45)39-8-6-21(7-9-39)41-18-20-4-2-3-5-24(20)36-31(41)46/h2-5,14-15,17,21,25,42H,6-13,16,18H2,1H3,(H,36,46)(H,37,45)/t25-/m1/s1. The van der Waals surface area contributed by atoms with Crippen LogP contribution in [-0.2, 0) is 22.5 Å². The van der Waals surface area contributed by atoms with Gasteiger partial charge in [0.05, 0.1) is 22.3 Å². The van der Waals surface area contributed by atoms with Gasteiger partial charge < -0.3 is 40.1 Å². The number of phenolic OH excluding ortho intramolecular Hbond substituents is 1. The lowest BCUT2D eigenvalue weighted by Gasteiger charge is -2.41. The van der Waals surface area contributed by atoms with Gasteiger partial charge in [-0.3, -0.25) is 4.79 Å². The number of fused-ring (bicyclic) bond motifs is 1. The number of amides is 5. The molecule has 0 radical (unpaired) electrons. The second-order valence-electron chi connectivity index (χ2n) is 11.9. The Morgan fingerprint density at radius 1 is 1.06 bits per heavy atom. The molecular formula is C32H35Br2N7O6S. The molecule has 3 aliphatic heterocycles. The van der Waals surface area contributed by atoms with E-state index in [0.717, 1.165) is 16.8 Å². The van der Waals surface area contributed by atoms with Gasteiger partial charge in [0, 0.05) is 64.0 Å². The molecule has 13 nitrogen and oxygen atoms in total. The van der Waals surface area contributed by atoms with Gasteiger partial charge in [0.1, 0.15) is 16.7 Å². The van der Waals surface area contributed by atoms with Crippen molar-refractivity contribution in [2.45, 2.75) is 37.9 Å². The van der Waals surface area contributed by atoms with E-state index < -0.39 is 12.0 Å². The van der Waals surface area contributed by atoms with Crippen LogP contribution in [0.15, 0.2) is 51.5 Å². The highest BCUT2D eigenvalue weighted by Gasteiger charge is 2.35. The molecule has 2 fully saturated rings. The molecule has 0 unspecified atom stereocenters. The van der Waals surface area contributed by atoms with Crippen LogP contribution in [-0.4, -0.2) is 107 Å². The van der Waals surface area contributed by atoms with Crippen LogP contribution < -0.4 is 15.5 Å². The summed E-state index contributed by atoms with van der Waals surface area (Å²) in [4.78, 5) is 64.5. The van der Waals surface area contributed by atoms with Gasteiger partial charge in [-0.1, -0.05) is 29.5 Å². The number of rotatable bonds is 7. The number of piperazine rings is 1. The van der Waals surface area contributed by atoms with Gasteiger partial charge in [0.2, 0.25) is 5.91 Å². The lowest BCUT2D eigenvalue weighted by molar-refractivity contribution is -0.133. The van der Waals surface area contributed by atoms with Gasteiger partial charge in [0.25, 0.3) is 0 Å². The first-order valence-electron chi connectivity index (χ1n) is 15.6. The van der Waals surface area contributed by atoms with Crippen LogP contribution >= 0.6 is 43.2 Å². The molecule has 3 aliphatic rings. The molecule has 0 aliphatic carbocycles.